The third kappa shape index (κ3) is 3.12. The van der Waals surface area contributed by atoms with E-state index in [-0.39, 0.29) is 18.2 Å². The van der Waals surface area contributed by atoms with Crippen molar-refractivity contribution in [3.63, 3.8) is 0 Å². The van der Waals surface area contributed by atoms with Crippen molar-refractivity contribution in [2.24, 2.45) is 4.99 Å². The Morgan fingerprint density at radius 1 is 1.43 bits per heavy atom. The highest BCUT2D eigenvalue weighted by atomic mass is 32.2. The summed E-state index contributed by atoms with van der Waals surface area (Å²) >= 11 is 1.36. The van der Waals surface area contributed by atoms with Crippen LogP contribution in [-0.2, 0) is 9.59 Å². The number of fused-ring (bicyclic) bond motifs is 1. The van der Waals surface area contributed by atoms with E-state index in [0.29, 0.717) is 30.3 Å². The van der Waals surface area contributed by atoms with E-state index in [1.54, 1.807) is 30.2 Å². The normalized spacial score (nSPS) is 19.4. The van der Waals surface area contributed by atoms with Gasteiger partial charge in [0.15, 0.2) is 5.17 Å². The van der Waals surface area contributed by atoms with Crippen LogP contribution in [0.25, 0.3) is 0 Å². The van der Waals surface area contributed by atoms with Crippen molar-refractivity contribution in [3.05, 3.63) is 18.2 Å². The molecule has 1 aromatic rings. The molecule has 0 radical (unpaired) electrons. The van der Waals surface area contributed by atoms with Gasteiger partial charge in [0.05, 0.1) is 26.5 Å². The second-order valence-electron chi connectivity index (χ2n) is 5.08. The first-order valence-electron chi connectivity index (χ1n) is 7.16. The van der Waals surface area contributed by atoms with Crippen LogP contribution in [0, 0.1) is 0 Å². The number of nitrogens with one attached hydrogen (secondary N) is 1. The van der Waals surface area contributed by atoms with Crippen LogP contribution in [-0.4, -0.2) is 54.4 Å². The highest BCUT2D eigenvalue weighted by Crippen LogP contribution is 2.33. The fraction of sp³-hybridized carbons (Fsp3) is 0.400. The van der Waals surface area contributed by atoms with Crippen LogP contribution in [0.3, 0.4) is 0 Å². The minimum atomic E-state index is -0.404. The molecule has 2 amide bonds. The van der Waals surface area contributed by atoms with E-state index < -0.39 is 5.25 Å². The molecule has 1 fully saturated rings. The van der Waals surface area contributed by atoms with Gasteiger partial charge in [-0.15, -0.1) is 0 Å². The average Bonchev–Trinajstić information content (AvgIpc) is 3.12. The lowest BCUT2D eigenvalue weighted by atomic mass is 10.2. The lowest BCUT2D eigenvalue weighted by Crippen LogP contribution is -2.32. The molecule has 0 aromatic heterocycles. The monoisotopic (exact) mass is 335 g/mol. The molecule has 0 spiro atoms. The van der Waals surface area contributed by atoms with Gasteiger partial charge in [0.2, 0.25) is 11.8 Å². The molecule has 0 aliphatic carbocycles. The minimum absolute atomic E-state index is 0.0388. The molecule has 0 saturated carbocycles. The van der Waals surface area contributed by atoms with E-state index >= 15 is 0 Å². The Hall–Kier alpha value is -2.22. The van der Waals surface area contributed by atoms with Crippen molar-refractivity contribution in [1.82, 2.24) is 4.90 Å². The third-order valence-electron chi connectivity index (χ3n) is 3.64. The van der Waals surface area contributed by atoms with Gasteiger partial charge in [-0.2, -0.15) is 0 Å². The van der Waals surface area contributed by atoms with Crippen molar-refractivity contribution in [2.45, 2.75) is 11.7 Å². The van der Waals surface area contributed by atoms with Gasteiger partial charge in [0.1, 0.15) is 16.7 Å². The van der Waals surface area contributed by atoms with Crippen molar-refractivity contribution >= 4 is 34.4 Å². The summed E-state index contributed by atoms with van der Waals surface area (Å²) in [7, 11) is 3.08. The molecule has 1 N–H and O–H groups in total. The molecule has 0 bridgehead atoms. The molecular weight excluding hydrogens is 318 g/mol. The summed E-state index contributed by atoms with van der Waals surface area (Å²) in [6.07, 6.45) is 0.105. The highest BCUT2D eigenvalue weighted by molar-refractivity contribution is 8.15. The third-order valence-corrected chi connectivity index (χ3v) is 4.86. The Balaban J connectivity index is 1.65. The zero-order valence-corrected chi connectivity index (χ0v) is 13.7. The maximum Gasteiger partial charge on any atom is 0.242 e. The van der Waals surface area contributed by atoms with E-state index in [4.69, 9.17) is 9.47 Å². The van der Waals surface area contributed by atoms with E-state index in [0.717, 1.165) is 5.17 Å². The quantitative estimate of drug-likeness (QED) is 0.878. The minimum Gasteiger partial charge on any atom is -0.497 e. The SMILES string of the molecule is COc1ccc(NC(=O)C[C@H]2SC3=NCCN3C2=O)c(OC)c1. The average molecular weight is 335 g/mol. The first-order chi connectivity index (χ1) is 11.1. The number of ether oxygens (including phenoxy) is 2. The molecule has 2 aliphatic rings. The number of carbonyl (C=O) groups excluding carboxylic acids is 2. The summed E-state index contributed by atoms with van der Waals surface area (Å²) in [6, 6.07) is 5.13. The maximum atomic E-state index is 12.2. The van der Waals surface area contributed by atoms with Gasteiger partial charge in [0, 0.05) is 19.0 Å². The van der Waals surface area contributed by atoms with Crippen molar-refractivity contribution in [2.75, 3.05) is 32.6 Å². The first kappa shape index (κ1) is 15.7. The van der Waals surface area contributed by atoms with Crippen LogP contribution in [0.15, 0.2) is 23.2 Å². The Morgan fingerprint density at radius 3 is 2.96 bits per heavy atom. The van der Waals surface area contributed by atoms with Crippen LogP contribution < -0.4 is 14.8 Å². The summed E-state index contributed by atoms with van der Waals surface area (Å²) in [5.41, 5.74) is 0.548. The van der Waals surface area contributed by atoms with E-state index in [1.165, 1.54) is 18.9 Å². The first-order valence-corrected chi connectivity index (χ1v) is 8.04. The number of hydrogen-bond acceptors (Lipinski definition) is 6. The number of anilines is 1. The van der Waals surface area contributed by atoms with Crippen molar-refractivity contribution in [1.29, 1.82) is 0 Å². The lowest BCUT2D eigenvalue weighted by Gasteiger charge is -2.13. The van der Waals surface area contributed by atoms with Crippen LogP contribution in [0.5, 0.6) is 11.5 Å². The van der Waals surface area contributed by atoms with E-state index in [2.05, 4.69) is 10.3 Å². The summed E-state index contributed by atoms with van der Waals surface area (Å²) < 4.78 is 10.4. The lowest BCUT2D eigenvalue weighted by molar-refractivity contribution is -0.127. The predicted molar refractivity (Wildman–Crippen MR) is 88.2 cm³/mol. The van der Waals surface area contributed by atoms with Gasteiger partial charge in [-0.05, 0) is 12.1 Å². The number of benzene rings is 1. The summed E-state index contributed by atoms with van der Waals surface area (Å²) in [5, 5.41) is 3.11. The largest absolute Gasteiger partial charge is 0.497 e. The zero-order valence-electron chi connectivity index (χ0n) is 12.9. The van der Waals surface area contributed by atoms with Crippen LogP contribution in [0.4, 0.5) is 5.69 Å². The highest BCUT2D eigenvalue weighted by Gasteiger charge is 2.40. The van der Waals surface area contributed by atoms with Gasteiger partial charge in [-0.3, -0.25) is 19.5 Å². The van der Waals surface area contributed by atoms with Crippen LogP contribution in [0.2, 0.25) is 0 Å². The van der Waals surface area contributed by atoms with Gasteiger partial charge in [0.25, 0.3) is 0 Å². The number of amidine groups is 1. The number of thioether (sulfide) groups is 1. The van der Waals surface area contributed by atoms with Gasteiger partial charge in [-0.1, -0.05) is 11.8 Å². The Labute approximate surface area is 138 Å². The second kappa shape index (κ2) is 6.49. The molecule has 0 unspecified atom stereocenters. The topological polar surface area (TPSA) is 80.2 Å². The smallest absolute Gasteiger partial charge is 0.242 e. The molecule has 7 nitrogen and oxygen atoms in total. The fourth-order valence-corrected chi connectivity index (χ4v) is 3.68. The number of amides is 2. The number of aliphatic imine (C=N–C) groups is 1. The zero-order chi connectivity index (χ0) is 16.4. The summed E-state index contributed by atoms with van der Waals surface area (Å²) in [4.78, 5) is 30.3. The molecule has 2 aliphatic heterocycles. The Kier molecular flexibility index (Phi) is 4.42. The number of methoxy groups -OCH3 is 2. The molecule has 2 heterocycles. The van der Waals surface area contributed by atoms with E-state index in [9.17, 15) is 9.59 Å². The summed E-state index contributed by atoms with van der Waals surface area (Å²) in [6.45, 7) is 1.27. The van der Waals surface area contributed by atoms with Crippen molar-refractivity contribution in [3.8, 4) is 11.5 Å². The van der Waals surface area contributed by atoms with Gasteiger partial charge < -0.3 is 14.8 Å². The fourth-order valence-electron chi connectivity index (χ4n) is 2.48. The standard InChI is InChI=1S/C15H17N3O4S/c1-21-9-3-4-10(11(7-9)22-2)17-13(19)8-12-14(20)18-6-5-16-15(18)23-12/h3-4,7,12H,5-6,8H2,1-2H3,(H,17,19)/t12-/m1/s1. The number of carbonyl (C=O) groups is 2. The van der Waals surface area contributed by atoms with Crippen LogP contribution >= 0.6 is 11.8 Å². The maximum absolute atomic E-state index is 12.2. The van der Waals surface area contributed by atoms with E-state index in [1.807, 2.05) is 0 Å². The van der Waals surface area contributed by atoms with Gasteiger partial charge in [-0.25, -0.2) is 0 Å². The number of nitrogens with zero attached hydrogens (tertiary/aromatic N) is 2. The van der Waals surface area contributed by atoms with Crippen LogP contribution in [0.1, 0.15) is 6.42 Å². The molecule has 23 heavy (non-hydrogen) atoms. The van der Waals surface area contributed by atoms with Gasteiger partial charge >= 0.3 is 0 Å². The summed E-state index contributed by atoms with van der Waals surface area (Å²) in [5.74, 6) is 0.872. The Morgan fingerprint density at radius 2 is 2.26 bits per heavy atom. The molecule has 3 rings (SSSR count). The van der Waals surface area contributed by atoms with Crippen molar-refractivity contribution < 1.29 is 19.1 Å². The molecule has 1 atom stereocenters. The predicted octanol–water partition coefficient (Wildman–Crippen LogP) is 1.35. The molecule has 8 heteroatoms. The second-order valence-corrected chi connectivity index (χ2v) is 6.25. The molecule has 1 aromatic carbocycles. The molecular formula is C15H17N3O4S. The number of hydrogen-bond donors (Lipinski definition) is 1. The number of rotatable bonds is 5. The molecule has 1 saturated heterocycles. The Bertz CT molecular complexity index is 677. The molecule has 122 valence electrons.